The molecule has 2 aromatic rings. The molecular weight excluding hydrogens is 292 g/mol. The van der Waals surface area contributed by atoms with Crippen molar-refractivity contribution in [3.8, 4) is 0 Å². The number of hydrogen-bond acceptors (Lipinski definition) is 6. The van der Waals surface area contributed by atoms with E-state index in [0.717, 1.165) is 0 Å². The SMILES string of the molecule is Nc1ccc2c(c1S)C(=O)c1ccc(N)c(S)c1C2=O. The van der Waals surface area contributed by atoms with Crippen LogP contribution in [0.15, 0.2) is 34.1 Å². The maximum atomic E-state index is 12.6. The third kappa shape index (κ3) is 1.58. The van der Waals surface area contributed by atoms with Crippen molar-refractivity contribution in [2.45, 2.75) is 9.79 Å². The highest BCUT2D eigenvalue weighted by Crippen LogP contribution is 2.37. The number of rotatable bonds is 0. The molecule has 0 unspecified atom stereocenters. The Kier molecular flexibility index (Phi) is 2.81. The molecule has 1 aliphatic rings. The van der Waals surface area contributed by atoms with E-state index in [9.17, 15) is 9.59 Å². The fourth-order valence-corrected chi connectivity index (χ4v) is 2.92. The molecule has 0 bridgehead atoms. The highest BCUT2D eigenvalue weighted by molar-refractivity contribution is 7.80. The lowest BCUT2D eigenvalue weighted by Crippen LogP contribution is -2.23. The summed E-state index contributed by atoms with van der Waals surface area (Å²) >= 11 is 8.49. The van der Waals surface area contributed by atoms with Crippen LogP contribution in [0.4, 0.5) is 11.4 Å². The molecule has 0 radical (unpaired) electrons. The van der Waals surface area contributed by atoms with E-state index in [1.807, 2.05) is 0 Å². The van der Waals surface area contributed by atoms with Crippen LogP contribution >= 0.6 is 25.3 Å². The van der Waals surface area contributed by atoms with Crippen molar-refractivity contribution in [3.63, 3.8) is 0 Å². The Morgan fingerprint density at radius 1 is 0.700 bits per heavy atom. The Balaban J connectivity index is 2.40. The van der Waals surface area contributed by atoms with Crippen LogP contribution in [-0.4, -0.2) is 11.6 Å². The van der Waals surface area contributed by atoms with Gasteiger partial charge in [-0.05, 0) is 24.3 Å². The molecule has 2 aromatic carbocycles. The van der Waals surface area contributed by atoms with E-state index in [4.69, 9.17) is 11.5 Å². The monoisotopic (exact) mass is 302 g/mol. The molecule has 4 nitrogen and oxygen atoms in total. The van der Waals surface area contributed by atoms with Crippen molar-refractivity contribution >= 4 is 48.2 Å². The fraction of sp³-hybridized carbons (Fsp3) is 0. The van der Waals surface area contributed by atoms with Gasteiger partial charge in [-0.15, -0.1) is 25.3 Å². The molecule has 6 heteroatoms. The summed E-state index contributed by atoms with van der Waals surface area (Å²) in [6, 6.07) is 6.18. The maximum Gasteiger partial charge on any atom is 0.195 e. The predicted octanol–water partition coefficient (Wildman–Crippen LogP) is 2.20. The number of benzene rings is 2. The number of fused-ring (bicyclic) bond motifs is 2. The second kappa shape index (κ2) is 4.29. The van der Waals surface area contributed by atoms with Crippen LogP contribution in [-0.2, 0) is 0 Å². The molecule has 0 aromatic heterocycles. The first-order chi connectivity index (χ1) is 9.43. The Labute approximate surface area is 126 Å². The molecule has 0 heterocycles. The van der Waals surface area contributed by atoms with E-state index < -0.39 is 0 Å². The molecule has 0 saturated heterocycles. The van der Waals surface area contributed by atoms with E-state index in [0.29, 0.717) is 21.2 Å². The summed E-state index contributed by atoms with van der Waals surface area (Å²) in [5.74, 6) is -0.579. The molecule has 20 heavy (non-hydrogen) atoms. The van der Waals surface area contributed by atoms with E-state index in [1.54, 1.807) is 12.1 Å². The van der Waals surface area contributed by atoms with Crippen LogP contribution in [0.1, 0.15) is 31.8 Å². The minimum Gasteiger partial charge on any atom is -0.398 e. The van der Waals surface area contributed by atoms with Crippen LogP contribution in [0.5, 0.6) is 0 Å². The van der Waals surface area contributed by atoms with Crippen LogP contribution in [0.3, 0.4) is 0 Å². The van der Waals surface area contributed by atoms with E-state index in [2.05, 4.69) is 25.3 Å². The minimum absolute atomic E-state index is 0.239. The van der Waals surface area contributed by atoms with Gasteiger partial charge in [0.05, 0.1) is 0 Å². The van der Waals surface area contributed by atoms with E-state index in [1.165, 1.54) is 12.1 Å². The molecule has 0 amide bonds. The van der Waals surface area contributed by atoms with Gasteiger partial charge in [0.2, 0.25) is 0 Å². The third-order valence-electron chi connectivity index (χ3n) is 3.36. The number of nitrogen functional groups attached to an aromatic ring is 2. The lowest BCUT2D eigenvalue weighted by Gasteiger charge is -2.21. The number of thiol groups is 2. The van der Waals surface area contributed by atoms with E-state index >= 15 is 0 Å². The lowest BCUT2D eigenvalue weighted by molar-refractivity contribution is 0.0975. The Morgan fingerprint density at radius 2 is 1.05 bits per heavy atom. The summed E-state index contributed by atoms with van der Waals surface area (Å²) < 4.78 is 0. The largest absolute Gasteiger partial charge is 0.398 e. The first kappa shape index (κ1) is 13.1. The number of hydrogen-bond donors (Lipinski definition) is 4. The first-order valence-electron chi connectivity index (χ1n) is 5.75. The van der Waals surface area contributed by atoms with Crippen LogP contribution in [0, 0.1) is 0 Å². The zero-order valence-electron chi connectivity index (χ0n) is 10.2. The third-order valence-corrected chi connectivity index (χ3v) is 4.33. The zero-order chi connectivity index (χ0) is 14.6. The van der Waals surface area contributed by atoms with Crippen molar-refractivity contribution in [1.82, 2.24) is 0 Å². The normalized spacial score (nSPS) is 13.1. The summed E-state index contributed by atoms with van der Waals surface area (Å²) in [6.45, 7) is 0. The van der Waals surface area contributed by atoms with Gasteiger partial charge < -0.3 is 11.5 Å². The summed E-state index contributed by atoms with van der Waals surface area (Å²) in [4.78, 5) is 25.8. The Morgan fingerprint density at radius 3 is 1.40 bits per heavy atom. The minimum atomic E-state index is -0.290. The molecule has 3 rings (SSSR count). The number of ketones is 2. The highest BCUT2D eigenvalue weighted by Gasteiger charge is 2.33. The van der Waals surface area contributed by atoms with E-state index in [-0.39, 0.29) is 33.8 Å². The van der Waals surface area contributed by atoms with Gasteiger partial charge in [-0.3, -0.25) is 9.59 Å². The van der Waals surface area contributed by atoms with Gasteiger partial charge in [-0.2, -0.15) is 0 Å². The summed E-state index contributed by atoms with van der Waals surface area (Å²) in [7, 11) is 0. The standard InChI is InChI=1S/C14H10N2O2S2/c15-7-3-1-5-9(13(7)19)12(18)6-2-4-8(16)14(20)10(6)11(5)17/h1-4,19-20H,15-16H2. The molecule has 4 N–H and O–H groups in total. The molecule has 0 saturated carbocycles. The number of carbonyl (C=O) groups excluding carboxylic acids is 2. The topological polar surface area (TPSA) is 86.2 Å². The van der Waals surface area contributed by atoms with Gasteiger partial charge in [0.1, 0.15) is 0 Å². The Bertz CT molecular complexity index is 733. The molecule has 0 spiro atoms. The first-order valence-corrected chi connectivity index (χ1v) is 6.65. The molecule has 1 aliphatic carbocycles. The number of anilines is 2. The smallest absolute Gasteiger partial charge is 0.195 e. The quantitative estimate of drug-likeness (QED) is 0.379. The van der Waals surface area contributed by atoms with Crippen molar-refractivity contribution in [2.75, 3.05) is 11.5 Å². The fourth-order valence-electron chi connectivity index (χ4n) is 2.32. The highest BCUT2D eigenvalue weighted by atomic mass is 32.1. The molecule has 0 fully saturated rings. The Hall–Kier alpha value is -1.92. The van der Waals surface area contributed by atoms with Crippen molar-refractivity contribution in [2.24, 2.45) is 0 Å². The second-order valence-corrected chi connectivity index (χ2v) is 5.40. The van der Waals surface area contributed by atoms with Gasteiger partial charge in [0.15, 0.2) is 11.6 Å². The lowest BCUT2D eigenvalue weighted by atomic mass is 9.83. The molecule has 0 aliphatic heterocycles. The zero-order valence-corrected chi connectivity index (χ0v) is 12.0. The van der Waals surface area contributed by atoms with Gasteiger partial charge >= 0.3 is 0 Å². The van der Waals surface area contributed by atoms with Crippen molar-refractivity contribution in [1.29, 1.82) is 0 Å². The van der Waals surface area contributed by atoms with Crippen LogP contribution in [0.25, 0.3) is 0 Å². The van der Waals surface area contributed by atoms with Gasteiger partial charge in [0, 0.05) is 43.4 Å². The molecular formula is C14H10N2O2S2. The van der Waals surface area contributed by atoms with Gasteiger partial charge in [-0.1, -0.05) is 0 Å². The number of carbonyl (C=O) groups is 2. The average molecular weight is 302 g/mol. The predicted molar refractivity (Wildman–Crippen MR) is 83.1 cm³/mol. The maximum absolute atomic E-state index is 12.6. The second-order valence-electron chi connectivity index (χ2n) is 4.51. The van der Waals surface area contributed by atoms with Crippen molar-refractivity contribution in [3.05, 3.63) is 46.5 Å². The summed E-state index contributed by atoms with van der Waals surface area (Å²) in [5, 5.41) is 0. The average Bonchev–Trinajstić information content (AvgIpc) is 2.42. The number of nitrogens with two attached hydrogens (primary N) is 2. The van der Waals surface area contributed by atoms with Gasteiger partial charge in [-0.25, -0.2) is 0 Å². The van der Waals surface area contributed by atoms with Gasteiger partial charge in [0.25, 0.3) is 0 Å². The van der Waals surface area contributed by atoms with Crippen molar-refractivity contribution < 1.29 is 9.59 Å². The summed E-state index contributed by atoms with van der Waals surface area (Å²) in [6.07, 6.45) is 0. The van der Waals surface area contributed by atoms with Crippen LogP contribution in [0.2, 0.25) is 0 Å². The molecule has 100 valence electrons. The van der Waals surface area contributed by atoms with Crippen LogP contribution < -0.4 is 11.5 Å². The molecule has 0 atom stereocenters. The summed E-state index contributed by atoms with van der Waals surface area (Å²) in [5.41, 5.74) is 13.3.